The summed E-state index contributed by atoms with van der Waals surface area (Å²) < 4.78 is 29.1. The zero-order valence-electron chi connectivity index (χ0n) is 14.0. The minimum absolute atomic E-state index is 0.0764. The number of benzene rings is 2. The van der Waals surface area contributed by atoms with E-state index < -0.39 is 11.9 Å². The molecule has 0 aliphatic carbocycles. The Morgan fingerprint density at radius 3 is 2.59 bits per heavy atom. The van der Waals surface area contributed by atoms with Crippen LogP contribution in [0.25, 0.3) is 16.7 Å². The Labute approximate surface area is 152 Å². The lowest BCUT2D eigenvalue weighted by Crippen LogP contribution is -2.23. The maximum absolute atomic E-state index is 13.3. The predicted molar refractivity (Wildman–Crippen MR) is 94.4 cm³/mol. The number of fused-ring (bicyclic) bond motifs is 1. The highest BCUT2D eigenvalue weighted by Gasteiger charge is 2.15. The third-order valence-electron chi connectivity index (χ3n) is 4.23. The normalized spacial score (nSPS) is 12.4. The quantitative estimate of drug-likeness (QED) is 0.601. The minimum Gasteiger partial charge on any atom is -0.387 e. The highest BCUT2D eigenvalue weighted by atomic mass is 19.1. The fourth-order valence-corrected chi connectivity index (χ4v) is 2.86. The number of hydrogen-bond acceptors (Lipinski definition) is 4. The van der Waals surface area contributed by atoms with Crippen molar-refractivity contribution in [2.45, 2.75) is 12.6 Å². The molecular weight excluding hydrogens is 354 g/mol. The van der Waals surface area contributed by atoms with Crippen LogP contribution >= 0.6 is 0 Å². The van der Waals surface area contributed by atoms with Gasteiger partial charge in [-0.25, -0.2) is 18.4 Å². The molecular formula is C19H14F2N4O2. The van der Waals surface area contributed by atoms with Crippen molar-refractivity contribution in [1.29, 1.82) is 0 Å². The zero-order chi connectivity index (χ0) is 19.0. The molecule has 0 aliphatic rings. The van der Waals surface area contributed by atoms with E-state index in [0.717, 1.165) is 0 Å². The number of rotatable bonds is 4. The number of aromatic nitrogens is 4. The highest BCUT2D eigenvalue weighted by molar-refractivity contribution is 5.74. The van der Waals surface area contributed by atoms with Crippen LogP contribution in [0, 0.1) is 11.6 Å². The minimum atomic E-state index is -1.07. The van der Waals surface area contributed by atoms with Gasteiger partial charge in [-0.15, -0.1) is 0 Å². The van der Waals surface area contributed by atoms with Gasteiger partial charge in [0.15, 0.2) is 5.65 Å². The van der Waals surface area contributed by atoms with E-state index in [2.05, 4.69) is 10.1 Å². The van der Waals surface area contributed by atoms with Gasteiger partial charge in [-0.2, -0.15) is 5.10 Å². The van der Waals surface area contributed by atoms with Gasteiger partial charge in [0.1, 0.15) is 23.3 Å². The molecule has 0 fully saturated rings. The van der Waals surface area contributed by atoms with Crippen LogP contribution in [0.4, 0.5) is 8.78 Å². The summed E-state index contributed by atoms with van der Waals surface area (Å²) in [5, 5.41) is 14.7. The van der Waals surface area contributed by atoms with Crippen LogP contribution < -0.4 is 5.56 Å². The third-order valence-corrected chi connectivity index (χ3v) is 4.23. The standard InChI is InChI=1S/C19H14F2N4O2/c20-13-4-6-15(7-5-13)25-18-16(9-23-25)19(27)24(11-22-18)10-17(26)12-2-1-3-14(21)8-12/h1-9,11,17,26H,10H2/t17-/m0/s1. The molecule has 6 nitrogen and oxygen atoms in total. The second-order valence-electron chi connectivity index (χ2n) is 6.04. The first-order valence-corrected chi connectivity index (χ1v) is 8.15. The summed E-state index contributed by atoms with van der Waals surface area (Å²) in [5.41, 5.74) is 0.867. The first-order chi connectivity index (χ1) is 13.0. The van der Waals surface area contributed by atoms with Gasteiger partial charge in [-0.1, -0.05) is 12.1 Å². The van der Waals surface area contributed by atoms with E-state index >= 15 is 0 Å². The Balaban J connectivity index is 1.69. The fraction of sp³-hybridized carbons (Fsp3) is 0.105. The number of halogens is 2. The van der Waals surface area contributed by atoms with E-state index in [-0.39, 0.29) is 23.3 Å². The summed E-state index contributed by atoms with van der Waals surface area (Å²) in [6.45, 7) is -0.0764. The summed E-state index contributed by atoms with van der Waals surface area (Å²) in [7, 11) is 0. The Morgan fingerprint density at radius 1 is 1.07 bits per heavy atom. The van der Waals surface area contributed by atoms with Crippen LogP contribution in [0.5, 0.6) is 0 Å². The molecule has 0 saturated carbocycles. The lowest BCUT2D eigenvalue weighted by molar-refractivity contribution is 0.154. The van der Waals surface area contributed by atoms with E-state index in [9.17, 15) is 18.7 Å². The molecule has 0 radical (unpaired) electrons. The molecule has 1 N–H and O–H groups in total. The van der Waals surface area contributed by atoms with Crippen LogP contribution in [0.3, 0.4) is 0 Å². The van der Waals surface area contributed by atoms with Crippen molar-refractivity contribution in [3.05, 3.63) is 88.6 Å². The molecule has 2 aromatic carbocycles. The molecule has 1 atom stereocenters. The second kappa shape index (κ2) is 6.73. The monoisotopic (exact) mass is 368 g/mol. The van der Waals surface area contributed by atoms with Crippen LogP contribution in [0.2, 0.25) is 0 Å². The summed E-state index contributed by atoms with van der Waals surface area (Å²) in [6.07, 6.45) is 1.61. The second-order valence-corrected chi connectivity index (χ2v) is 6.04. The Kier molecular flexibility index (Phi) is 4.25. The number of aliphatic hydroxyl groups is 1. The van der Waals surface area contributed by atoms with E-state index in [0.29, 0.717) is 16.9 Å². The van der Waals surface area contributed by atoms with E-state index in [1.54, 1.807) is 6.07 Å². The molecule has 2 aromatic heterocycles. The van der Waals surface area contributed by atoms with Crippen molar-refractivity contribution in [2.24, 2.45) is 0 Å². The van der Waals surface area contributed by atoms with Crippen molar-refractivity contribution in [3.8, 4) is 5.69 Å². The summed E-state index contributed by atoms with van der Waals surface area (Å²) in [6, 6.07) is 11.2. The van der Waals surface area contributed by atoms with Gasteiger partial charge in [0.25, 0.3) is 5.56 Å². The van der Waals surface area contributed by atoms with E-state index in [4.69, 9.17) is 0 Å². The zero-order valence-corrected chi connectivity index (χ0v) is 14.0. The van der Waals surface area contributed by atoms with Gasteiger partial charge in [0, 0.05) is 0 Å². The van der Waals surface area contributed by atoms with Gasteiger partial charge >= 0.3 is 0 Å². The number of nitrogens with zero attached hydrogens (tertiary/aromatic N) is 4. The first kappa shape index (κ1) is 17.0. The molecule has 2 heterocycles. The van der Waals surface area contributed by atoms with Gasteiger partial charge in [0.05, 0.1) is 24.5 Å². The topological polar surface area (TPSA) is 72.9 Å². The molecule has 0 unspecified atom stereocenters. The lowest BCUT2D eigenvalue weighted by atomic mass is 10.1. The van der Waals surface area contributed by atoms with Gasteiger partial charge in [-0.05, 0) is 42.0 Å². The predicted octanol–water partition coefficient (Wildman–Crippen LogP) is 2.59. The first-order valence-electron chi connectivity index (χ1n) is 8.15. The average molecular weight is 368 g/mol. The molecule has 136 valence electrons. The number of hydrogen-bond donors (Lipinski definition) is 1. The van der Waals surface area contributed by atoms with Crippen molar-refractivity contribution in [2.75, 3.05) is 0 Å². The molecule has 0 bridgehead atoms. The van der Waals surface area contributed by atoms with E-state index in [1.165, 1.54) is 64.2 Å². The van der Waals surface area contributed by atoms with Gasteiger partial charge in [0.2, 0.25) is 0 Å². The van der Waals surface area contributed by atoms with Crippen molar-refractivity contribution < 1.29 is 13.9 Å². The van der Waals surface area contributed by atoms with Gasteiger partial charge in [-0.3, -0.25) is 9.36 Å². The Hall–Kier alpha value is -3.39. The van der Waals surface area contributed by atoms with Gasteiger partial charge < -0.3 is 5.11 Å². The van der Waals surface area contributed by atoms with Crippen LogP contribution in [-0.4, -0.2) is 24.4 Å². The Bertz CT molecular complexity index is 1170. The average Bonchev–Trinajstić information content (AvgIpc) is 3.09. The molecule has 4 aromatic rings. The summed E-state index contributed by atoms with van der Waals surface area (Å²) >= 11 is 0. The Morgan fingerprint density at radius 2 is 1.85 bits per heavy atom. The maximum atomic E-state index is 13.3. The largest absolute Gasteiger partial charge is 0.387 e. The molecule has 4 rings (SSSR count). The maximum Gasteiger partial charge on any atom is 0.264 e. The van der Waals surface area contributed by atoms with Crippen molar-refractivity contribution in [3.63, 3.8) is 0 Å². The summed E-state index contributed by atoms with van der Waals surface area (Å²) in [5.74, 6) is -0.843. The van der Waals surface area contributed by atoms with Crippen molar-refractivity contribution in [1.82, 2.24) is 19.3 Å². The van der Waals surface area contributed by atoms with Crippen molar-refractivity contribution >= 4 is 11.0 Å². The van der Waals surface area contributed by atoms with E-state index in [1.807, 2.05) is 0 Å². The molecule has 27 heavy (non-hydrogen) atoms. The third kappa shape index (κ3) is 3.22. The molecule has 0 spiro atoms. The molecule has 0 amide bonds. The molecule has 0 saturated heterocycles. The lowest BCUT2D eigenvalue weighted by Gasteiger charge is -2.13. The molecule has 8 heteroatoms. The number of aliphatic hydroxyl groups excluding tert-OH is 1. The van der Waals surface area contributed by atoms with Crippen LogP contribution in [0.1, 0.15) is 11.7 Å². The SMILES string of the molecule is O=c1c2cnn(-c3ccc(F)cc3)c2ncn1C[C@H](O)c1cccc(F)c1. The smallest absolute Gasteiger partial charge is 0.264 e. The summed E-state index contributed by atoms with van der Waals surface area (Å²) in [4.78, 5) is 16.9. The molecule has 0 aliphatic heterocycles. The van der Waals surface area contributed by atoms with Crippen LogP contribution in [0.15, 0.2) is 65.8 Å². The highest BCUT2D eigenvalue weighted by Crippen LogP contribution is 2.17. The van der Waals surface area contributed by atoms with Crippen LogP contribution in [-0.2, 0) is 6.54 Å². The fourth-order valence-electron chi connectivity index (χ4n) is 2.86.